The summed E-state index contributed by atoms with van der Waals surface area (Å²) < 4.78 is 4.96. The Morgan fingerprint density at radius 2 is 1.75 bits per heavy atom. The van der Waals surface area contributed by atoms with Crippen molar-refractivity contribution in [3.8, 4) is 0 Å². The molecule has 1 aromatic rings. The predicted molar refractivity (Wildman–Crippen MR) is 72.2 cm³/mol. The first-order valence-corrected chi connectivity index (χ1v) is 6.15. The van der Waals surface area contributed by atoms with Gasteiger partial charge in [-0.3, -0.25) is 14.5 Å². The molecule has 0 aliphatic carbocycles. The minimum absolute atomic E-state index is 0.0800. The minimum atomic E-state index is -0.925. The summed E-state index contributed by atoms with van der Waals surface area (Å²) in [5.41, 5.74) is -0.174. The van der Waals surface area contributed by atoms with Crippen LogP contribution in [0.25, 0.3) is 0 Å². The summed E-state index contributed by atoms with van der Waals surface area (Å²) in [4.78, 5) is 36.9. The largest absolute Gasteiger partial charge is 0.460 e. The molecule has 0 bridgehead atoms. The summed E-state index contributed by atoms with van der Waals surface area (Å²) in [6.07, 6.45) is 1.04. The summed E-state index contributed by atoms with van der Waals surface area (Å²) in [5, 5.41) is 0. The Bertz CT molecular complexity index is 569. The second-order valence-electron chi connectivity index (χ2n) is 5.12. The third-order valence-electron chi connectivity index (χ3n) is 3.13. The molecule has 0 atom stereocenters. The maximum atomic E-state index is 12.3. The van der Waals surface area contributed by atoms with Crippen LogP contribution >= 0.6 is 0 Å². The van der Waals surface area contributed by atoms with Gasteiger partial charge in [0.1, 0.15) is 6.61 Å². The van der Waals surface area contributed by atoms with Gasteiger partial charge in [-0.15, -0.1) is 0 Å². The number of hydrogen-bond donors (Lipinski definition) is 0. The molecule has 0 unspecified atom stereocenters. The number of nitrogens with zero attached hydrogens (tertiary/aromatic N) is 1. The summed E-state index contributed by atoms with van der Waals surface area (Å²) in [6, 6.07) is 6.64. The highest BCUT2D eigenvalue weighted by atomic mass is 16.5. The van der Waals surface area contributed by atoms with E-state index in [1.165, 1.54) is 0 Å². The highest BCUT2D eigenvalue weighted by Gasteiger charge is 2.44. The molecular formula is C15H15NO4. The SMILES string of the molecule is C=CC(=O)OCC(C)(C)N1C(=O)c2ccccc2C1=O. The van der Waals surface area contributed by atoms with Crippen molar-refractivity contribution in [3.63, 3.8) is 0 Å². The van der Waals surface area contributed by atoms with Crippen molar-refractivity contribution in [2.45, 2.75) is 19.4 Å². The van der Waals surface area contributed by atoms with Crippen molar-refractivity contribution in [3.05, 3.63) is 48.0 Å². The first kappa shape index (κ1) is 14.0. The van der Waals surface area contributed by atoms with Crippen molar-refractivity contribution >= 4 is 17.8 Å². The number of benzene rings is 1. The number of ether oxygens (including phenoxy) is 1. The van der Waals surface area contributed by atoms with Gasteiger partial charge in [0.05, 0.1) is 16.7 Å². The van der Waals surface area contributed by atoms with Gasteiger partial charge in [-0.2, -0.15) is 0 Å². The van der Waals surface area contributed by atoms with Crippen molar-refractivity contribution in [2.75, 3.05) is 6.61 Å². The Labute approximate surface area is 116 Å². The van der Waals surface area contributed by atoms with E-state index < -0.39 is 11.5 Å². The van der Waals surface area contributed by atoms with Gasteiger partial charge in [0, 0.05) is 6.08 Å². The highest BCUT2D eigenvalue weighted by molar-refractivity contribution is 6.21. The lowest BCUT2D eigenvalue weighted by Crippen LogP contribution is -2.50. The number of hydrogen-bond acceptors (Lipinski definition) is 4. The molecular weight excluding hydrogens is 258 g/mol. The smallest absolute Gasteiger partial charge is 0.330 e. The number of rotatable bonds is 4. The molecule has 1 aromatic carbocycles. The molecule has 2 rings (SSSR count). The fourth-order valence-electron chi connectivity index (χ4n) is 2.11. The molecule has 1 aliphatic heterocycles. The summed E-state index contributed by atoms with van der Waals surface area (Å²) in [7, 11) is 0. The van der Waals surface area contributed by atoms with E-state index in [2.05, 4.69) is 6.58 Å². The van der Waals surface area contributed by atoms with Crippen LogP contribution in [0.4, 0.5) is 0 Å². The lowest BCUT2D eigenvalue weighted by atomic mass is 10.0. The van der Waals surface area contributed by atoms with E-state index >= 15 is 0 Å². The highest BCUT2D eigenvalue weighted by Crippen LogP contribution is 2.29. The van der Waals surface area contributed by atoms with E-state index in [0.29, 0.717) is 11.1 Å². The number of imide groups is 1. The predicted octanol–water partition coefficient (Wildman–Crippen LogP) is 1.79. The molecule has 0 aromatic heterocycles. The van der Waals surface area contributed by atoms with Crippen LogP contribution in [0.5, 0.6) is 0 Å². The van der Waals surface area contributed by atoms with Crippen LogP contribution in [-0.2, 0) is 9.53 Å². The third kappa shape index (κ3) is 2.22. The number of carbonyl (C=O) groups is 3. The fourth-order valence-corrected chi connectivity index (χ4v) is 2.11. The standard InChI is InChI=1S/C15H15NO4/c1-4-12(17)20-9-15(2,3)16-13(18)10-7-5-6-8-11(10)14(16)19/h4-8H,1,9H2,2-3H3. The Morgan fingerprint density at radius 1 is 1.25 bits per heavy atom. The molecule has 1 heterocycles. The van der Waals surface area contributed by atoms with E-state index in [-0.39, 0.29) is 18.4 Å². The van der Waals surface area contributed by atoms with Gasteiger partial charge in [-0.1, -0.05) is 18.7 Å². The number of esters is 1. The fraction of sp³-hybridized carbons (Fsp3) is 0.267. The van der Waals surface area contributed by atoms with E-state index in [9.17, 15) is 14.4 Å². The Hall–Kier alpha value is -2.43. The topological polar surface area (TPSA) is 63.7 Å². The summed E-state index contributed by atoms with van der Waals surface area (Å²) in [5.74, 6) is -1.33. The second-order valence-corrected chi connectivity index (χ2v) is 5.12. The zero-order valence-corrected chi connectivity index (χ0v) is 11.4. The van der Waals surface area contributed by atoms with Gasteiger partial charge in [0.25, 0.3) is 11.8 Å². The first-order valence-electron chi connectivity index (χ1n) is 6.15. The maximum absolute atomic E-state index is 12.3. The minimum Gasteiger partial charge on any atom is -0.460 e. The lowest BCUT2D eigenvalue weighted by molar-refractivity contribution is -0.140. The van der Waals surface area contributed by atoms with Gasteiger partial charge in [-0.05, 0) is 26.0 Å². The Morgan fingerprint density at radius 3 is 2.20 bits per heavy atom. The third-order valence-corrected chi connectivity index (χ3v) is 3.13. The van der Waals surface area contributed by atoms with E-state index in [1.807, 2.05) is 0 Å². The van der Waals surface area contributed by atoms with Crippen molar-refractivity contribution < 1.29 is 19.1 Å². The number of fused-ring (bicyclic) bond motifs is 1. The molecule has 0 saturated heterocycles. The molecule has 20 heavy (non-hydrogen) atoms. The van der Waals surface area contributed by atoms with Crippen LogP contribution in [-0.4, -0.2) is 34.8 Å². The molecule has 1 aliphatic rings. The van der Waals surface area contributed by atoms with Crippen molar-refractivity contribution in [1.82, 2.24) is 4.90 Å². The van der Waals surface area contributed by atoms with Crippen LogP contribution in [0.15, 0.2) is 36.9 Å². The zero-order valence-electron chi connectivity index (χ0n) is 11.4. The molecule has 0 saturated carbocycles. The molecule has 2 amide bonds. The zero-order chi connectivity index (χ0) is 14.9. The maximum Gasteiger partial charge on any atom is 0.330 e. The molecule has 0 radical (unpaired) electrons. The molecule has 5 nitrogen and oxygen atoms in total. The van der Waals surface area contributed by atoms with Gasteiger partial charge in [-0.25, -0.2) is 4.79 Å². The molecule has 104 valence electrons. The van der Waals surface area contributed by atoms with Crippen LogP contribution in [0.1, 0.15) is 34.6 Å². The van der Waals surface area contributed by atoms with Gasteiger partial charge < -0.3 is 4.74 Å². The first-order chi connectivity index (χ1) is 9.38. The lowest BCUT2D eigenvalue weighted by Gasteiger charge is -2.32. The van der Waals surface area contributed by atoms with Crippen LogP contribution < -0.4 is 0 Å². The van der Waals surface area contributed by atoms with Crippen LogP contribution in [0.3, 0.4) is 0 Å². The second kappa shape index (κ2) is 4.92. The number of amides is 2. The van der Waals surface area contributed by atoms with Gasteiger partial charge in [0.15, 0.2) is 0 Å². The molecule has 0 spiro atoms. The van der Waals surface area contributed by atoms with Gasteiger partial charge in [0.2, 0.25) is 0 Å². The van der Waals surface area contributed by atoms with Crippen LogP contribution in [0.2, 0.25) is 0 Å². The van der Waals surface area contributed by atoms with Crippen molar-refractivity contribution in [1.29, 1.82) is 0 Å². The summed E-state index contributed by atoms with van der Waals surface area (Å²) >= 11 is 0. The molecule has 0 fully saturated rings. The summed E-state index contributed by atoms with van der Waals surface area (Å²) in [6.45, 7) is 6.56. The molecule has 0 N–H and O–H groups in total. The Kier molecular flexibility index (Phi) is 3.44. The monoisotopic (exact) mass is 273 g/mol. The number of carbonyl (C=O) groups excluding carboxylic acids is 3. The van der Waals surface area contributed by atoms with Crippen LogP contribution in [0, 0.1) is 0 Å². The normalized spacial score (nSPS) is 14.2. The van der Waals surface area contributed by atoms with E-state index in [0.717, 1.165) is 11.0 Å². The van der Waals surface area contributed by atoms with Crippen molar-refractivity contribution in [2.24, 2.45) is 0 Å². The Balaban J connectivity index is 2.26. The van der Waals surface area contributed by atoms with Gasteiger partial charge >= 0.3 is 5.97 Å². The average molecular weight is 273 g/mol. The average Bonchev–Trinajstić information content (AvgIpc) is 2.69. The molecule has 5 heteroatoms. The van der Waals surface area contributed by atoms with E-state index in [4.69, 9.17) is 4.74 Å². The quantitative estimate of drug-likeness (QED) is 0.476. The van der Waals surface area contributed by atoms with E-state index in [1.54, 1.807) is 38.1 Å².